The number of thiocarbonyl (C=S) groups is 1. The average Bonchev–Trinajstić information content (AvgIpc) is 3.17. The first-order valence-electron chi connectivity index (χ1n) is 8.93. The molecule has 1 heterocycles. The summed E-state index contributed by atoms with van der Waals surface area (Å²) in [5.41, 5.74) is 2.23. The quantitative estimate of drug-likeness (QED) is 0.228. The van der Waals surface area contributed by atoms with Crippen molar-refractivity contribution in [1.82, 2.24) is 10.3 Å². The second kappa shape index (κ2) is 8.76. The summed E-state index contributed by atoms with van der Waals surface area (Å²) in [5, 5.41) is 17.6. The maximum Gasteiger partial charge on any atom is 0.270 e. The predicted octanol–water partition coefficient (Wildman–Crippen LogP) is 5.65. The molecule has 0 spiro atoms. The fourth-order valence-electron chi connectivity index (χ4n) is 2.85. The number of benzene rings is 3. The SMILES string of the molecule is O=C(NC(=S)Nc1ccc(-c2nc3ccccc3s2)c(Cl)c1)c1cccc([N+](=O)[O-])c1. The molecule has 154 valence electrons. The number of nitrogens with zero attached hydrogens (tertiary/aromatic N) is 2. The molecule has 2 N–H and O–H groups in total. The van der Waals surface area contributed by atoms with Crippen LogP contribution in [0.4, 0.5) is 11.4 Å². The molecule has 7 nitrogen and oxygen atoms in total. The summed E-state index contributed by atoms with van der Waals surface area (Å²) in [4.78, 5) is 27.2. The van der Waals surface area contributed by atoms with Crippen LogP contribution in [0.2, 0.25) is 5.02 Å². The topological polar surface area (TPSA) is 97.2 Å². The molecule has 0 unspecified atom stereocenters. The molecule has 0 saturated carbocycles. The molecule has 1 aromatic heterocycles. The van der Waals surface area contributed by atoms with Gasteiger partial charge in [0.25, 0.3) is 11.6 Å². The molecule has 0 atom stereocenters. The lowest BCUT2D eigenvalue weighted by atomic mass is 10.2. The van der Waals surface area contributed by atoms with Crippen molar-refractivity contribution in [2.75, 3.05) is 5.32 Å². The fourth-order valence-corrected chi connectivity index (χ4v) is 4.39. The van der Waals surface area contributed by atoms with Crippen LogP contribution in [0.3, 0.4) is 0 Å². The number of thiazole rings is 1. The van der Waals surface area contributed by atoms with Crippen molar-refractivity contribution in [1.29, 1.82) is 0 Å². The number of nitrogens with one attached hydrogen (secondary N) is 2. The van der Waals surface area contributed by atoms with Gasteiger partial charge < -0.3 is 5.32 Å². The summed E-state index contributed by atoms with van der Waals surface area (Å²) in [6.45, 7) is 0. The largest absolute Gasteiger partial charge is 0.332 e. The lowest BCUT2D eigenvalue weighted by Crippen LogP contribution is -2.34. The van der Waals surface area contributed by atoms with Crippen LogP contribution in [0.1, 0.15) is 10.4 Å². The molecule has 0 aliphatic heterocycles. The highest BCUT2D eigenvalue weighted by molar-refractivity contribution is 7.80. The van der Waals surface area contributed by atoms with Crippen molar-refractivity contribution < 1.29 is 9.72 Å². The molecular weight excluding hydrogens is 456 g/mol. The van der Waals surface area contributed by atoms with E-state index in [1.165, 1.54) is 24.3 Å². The van der Waals surface area contributed by atoms with Crippen LogP contribution in [0.15, 0.2) is 66.7 Å². The Hall–Kier alpha value is -3.40. The molecule has 3 aromatic carbocycles. The van der Waals surface area contributed by atoms with E-state index in [9.17, 15) is 14.9 Å². The Morgan fingerprint density at radius 2 is 1.90 bits per heavy atom. The summed E-state index contributed by atoms with van der Waals surface area (Å²) in [6, 6.07) is 18.5. The number of nitro groups is 1. The monoisotopic (exact) mass is 468 g/mol. The first-order valence-corrected chi connectivity index (χ1v) is 10.5. The molecule has 4 aromatic rings. The van der Waals surface area contributed by atoms with Gasteiger partial charge in [0.2, 0.25) is 0 Å². The maximum atomic E-state index is 12.3. The smallest absolute Gasteiger partial charge is 0.270 e. The first-order chi connectivity index (χ1) is 14.9. The van der Waals surface area contributed by atoms with Crippen molar-refractivity contribution in [3.8, 4) is 10.6 Å². The summed E-state index contributed by atoms with van der Waals surface area (Å²) >= 11 is 13.2. The summed E-state index contributed by atoms with van der Waals surface area (Å²) in [5.74, 6) is -0.557. The third kappa shape index (κ3) is 4.69. The van der Waals surface area contributed by atoms with Crippen molar-refractivity contribution in [2.24, 2.45) is 0 Å². The number of hydrogen-bond acceptors (Lipinski definition) is 6. The Kier molecular flexibility index (Phi) is 5.90. The number of anilines is 1. The van der Waals surface area contributed by atoms with Crippen LogP contribution >= 0.6 is 35.2 Å². The number of aromatic nitrogens is 1. The molecule has 0 aliphatic rings. The Bertz CT molecular complexity index is 1310. The number of rotatable bonds is 4. The zero-order chi connectivity index (χ0) is 22.0. The minimum atomic E-state index is -0.567. The van der Waals surface area contributed by atoms with Gasteiger partial charge in [0.1, 0.15) is 5.01 Å². The third-order valence-corrected chi connectivity index (χ3v) is 5.88. The van der Waals surface area contributed by atoms with Gasteiger partial charge in [-0.25, -0.2) is 4.98 Å². The Morgan fingerprint density at radius 3 is 2.65 bits per heavy atom. The molecule has 4 rings (SSSR count). The normalized spacial score (nSPS) is 10.6. The van der Waals surface area contributed by atoms with Crippen molar-refractivity contribution in [3.63, 3.8) is 0 Å². The van der Waals surface area contributed by atoms with E-state index in [-0.39, 0.29) is 16.4 Å². The van der Waals surface area contributed by atoms with Gasteiger partial charge >= 0.3 is 0 Å². The fraction of sp³-hybridized carbons (Fsp3) is 0. The van der Waals surface area contributed by atoms with E-state index in [1.807, 2.05) is 30.3 Å². The average molecular weight is 469 g/mol. The van der Waals surface area contributed by atoms with Gasteiger partial charge in [-0.3, -0.25) is 20.2 Å². The number of carbonyl (C=O) groups is 1. The van der Waals surface area contributed by atoms with Crippen molar-refractivity contribution >= 4 is 67.8 Å². The number of fused-ring (bicyclic) bond motifs is 1. The van der Waals surface area contributed by atoms with Crippen LogP contribution in [-0.2, 0) is 0 Å². The molecule has 0 radical (unpaired) electrons. The molecule has 0 fully saturated rings. The van der Waals surface area contributed by atoms with E-state index < -0.39 is 10.8 Å². The van der Waals surface area contributed by atoms with E-state index in [1.54, 1.807) is 23.5 Å². The van der Waals surface area contributed by atoms with Crippen molar-refractivity contribution in [2.45, 2.75) is 0 Å². The summed E-state index contributed by atoms with van der Waals surface area (Å²) < 4.78 is 1.07. The second-order valence-electron chi connectivity index (χ2n) is 6.40. The number of carbonyl (C=O) groups excluding carboxylic acids is 1. The lowest BCUT2D eigenvalue weighted by molar-refractivity contribution is -0.384. The molecule has 0 bridgehead atoms. The molecular formula is C21H13ClN4O3S2. The van der Waals surface area contributed by atoms with E-state index in [2.05, 4.69) is 15.6 Å². The Labute approximate surface area is 190 Å². The minimum Gasteiger partial charge on any atom is -0.332 e. The van der Waals surface area contributed by atoms with Gasteiger partial charge in [0.05, 0.1) is 20.2 Å². The highest BCUT2D eigenvalue weighted by Crippen LogP contribution is 2.35. The van der Waals surface area contributed by atoms with Crippen molar-refractivity contribution in [3.05, 3.63) is 87.4 Å². The van der Waals surface area contributed by atoms with Gasteiger partial charge in [-0.15, -0.1) is 11.3 Å². The molecule has 31 heavy (non-hydrogen) atoms. The van der Waals surface area contributed by atoms with Gasteiger partial charge in [0, 0.05) is 28.9 Å². The van der Waals surface area contributed by atoms with Gasteiger partial charge in [-0.05, 0) is 48.6 Å². The zero-order valence-electron chi connectivity index (χ0n) is 15.7. The maximum absolute atomic E-state index is 12.3. The second-order valence-corrected chi connectivity index (χ2v) is 8.24. The van der Waals surface area contributed by atoms with Gasteiger partial charge in [0.15, 0.2) is 5.11 Å². The number of para-hydroxylation sites is 1. The van der Waals surface area contributed by atoms with Crippen LogP contribution in [0.5, 0.6) is 0 Å². The van der Waals surface area contributed by atoms with Gasteiger partial charge in [-0.1, -0.05) is 29.8 Å². The number of non-ortho nitro benzene ring substituents is 1. The van der Waals surface area contributed by atoms with E-state index in [0.717, 1.165) is 20.8 Å². The molecule has 10 heteroatoms. The van der Waals surface area contributed by atoms with E-state index in [4.69, 9.17) is 23.8 Å². The summed E-state index contributed by atoms with van der Waals surface area (Å²) in [6.07, 6.45) is 0. The van der Waals surface area contributed by atoms with Crippen LogP contribution in [0.25, 0.3) is 20.8 Å². The van der Waals surface area contributed by atoms with E-state index in [0.29, 0.717) is 10.7 Å². The minimum absolute atomic E-state index is 0.0420. The molecule has 1 amide bonds. The predicted molar refractivity (Wildman–Crippen MR) is 127 cm³/mol. The Morgan fingerprint density at radius 1 is 1.10 bits per heavy atom. The molecule has 0 saturated heterocycles. The van der Waals surface area contributed by atoms with Crippen LogP contribution < -0.4 is 10.6 Å². The number of hydrogen-bond donors (Lipinski definition) is 2. The molecule has 0 aliphatic carbocycles. The number of amides is 1. The third-order valence-electron chi connectivity index (χ3n) is 4.30. The standard InChI is InChI=1S/C21H13ClN4O3S2/c22-16-11-13(8-9-15(16)20-24-17-6-1-2-7-18(17)31-20)23-21(30)25-19(27)12-4-3-5-14(10-12)26(28)29/h1-11H,(H2,23,25,27,30). The highest BCUT2D eigenvalue weighted by Gasteiger charge is 2.14. The van der Waals surface area contributed by atoms with Gasteiger partial charge in [-0.2, -0.15) is 0 Å². The number of nitro benzene ring substituents is 1. The Balaban J connectivity index is 1.46. The van der Waals surface area contributed by atoms with E-state index >= 15 is 0 Å². The highest BCUT2D eigenvalue weighted by atomic mass is 35.5. The summed E-state index contributed by atoms with van der Waals surface area (Å²) in [7, 11) is 0. The number of halogens is 1. The van der Waals surface area contributed by atoms with Crippen LogP contribution in [0, 0.1) is 10.1 Å². The lowest BCUT2D eigenvalue weighted by Gasteiger charge is -2.11. The first kappa shape index (κ1) is 20.9. The van der Waals surface area contributed by atoms with Crippen LogP contribution in [-0.4, -0.2) is 20.9 Å². The zero-order valence-corrected chi connectivity index (χ0v) is 18.1.